The van der Waals surface area contributed by atoms with Crippen LogP contribution >= 0.6 is 0 Å². The van der Waals surface area contributed by atoms with Gasteiger partial charge in [-0.1, -0.05) is 0 Å². The third kappa shape index (κ3) is 4.27. The summed E-state index contributed by atoms with van der Waals surface area (Å²) in [5.74, 6) is -1.18. The Morgan fingerprint density at radius 1 is 1.42 bits per heavy atom. The first-order chi connectivity index (χ1) is 8.68. The minimum Gasteiger partial charge on any atom is -0.478 e. The summed E-state index contributed by atoms with van der Waals surface area (Å²) in [5, 5.41) is 17.3. The second-order valence-electron chi connectivity index (χ2n) is 4.65. The molecule has 0 spiro atoms. The van der Waals surface area contributed by atoms with Gasteiger partial charge in [0.15, 0.2) is 5.03 Å². The quantitative estimate of drug-likeness (QED) is 0.689. The molecule has 1 aromatic heterocycles. The maximum Gasteiger partial charge on any atom is 0.337 e. The van der Waals surface area contributed by atoms with Crippen LogP contribution in [0.25, 0.3) is 0 Å². The smallest absolute Gasteiger partial charge is 0.337 e. The molecule has 19 heavy (non-hydrogen) atoms. The molecule has 0 bridgehead atoms. The lowest BCUT2D eigenvalue weighted by Crippen LogP contribution is -2.44. The topological polar surface area (TPSA) is 117 Å². The van der Waals surface area contributed by atoms with Gasteiger partial charge in [-0.2, -0.15) is 0 Å². The van der Waals surface area contributed by atoms with Crippen LogP contribution < -0.4 is 4.72 Å². The lowest BCUT2D eigenvalue weighted by Gasteiger charge is -2.24. The number of carboxylic acid groups (broad SMARTS) is 1. The predicted octanol–water partition coefficient (Wildman–Crippen LogP) is 0.219. The number of aromatic nitrogens is 1. The van der Waals surface area contributed by atoms with E-state index in [0.717, 1.165) is 12.3 Å². The van der Waals surface area contributed by atoms with Gasteiger partial charge in [-0.25, -0.2) is 22.9 Å². The lowest BCUT2D eigenvalue weighted by atomic mass is 10.0. The molecule has 0 amide bonds. The van der Waals surface area contributed by atoms with Crippen molar-refractivity contribution in [2.45, 2.75) is 30.8 Å². The standard InChI is InChI=1S/C11H16N2O5S/c1-11(2,5-6-14)13-19(17,18)9-4-3-8(7-12-9)10(15)16/h3-4,7,13-14H,5-6H2,1-2H3,(H,15,16). The maximum atomic E-state index is 12.0. The van der Waals surface area contributed by atoms with E-state index in [1.54, 1.807) is 13.8 Å². The van der Waals surface area contributed by atoms with Crippen LogP contribution in [0.2, 0.25) is 0 Å². The number of aromatic carboxylic acids is 1. The Hall–Kier alpha value is -1.51. The molecule has 0 saturated carbocycles. The highest BCUT2D eigenvalue weighted by molar-refractivity contribution is 7.89. The summed E-state index contributed by atoms with van der Waals surface area (Å²) in [5.41, 5.74) is -0.908. The molecular formula is C11H16N2O5S. The van der Waals surface area contributed by atoms with E-state index < -0.39 is 21.5 Å². The Morgan fingerprint density at radius 3 is 2.47 bits per heavy atom. The van der Waals surface area contributed by atoms with Gasteiger partial charge in [0.2, 0.25) is 0 Å². The molecule has 3 N–H and O–H groups in total. The number of aliphatic hydroxyl groups excluding tert-OH is 1. The van der Waals surface area contributed by atoms with Crippen LogP contribution in [0.5, 0.6) is 0 Å². The van der Waals surface area contributed by atoms with Crippen molar-refractivity contribution in [3.05, 3.63) is 23.9 Å². The number of nitrogens with one attached hydrogen (secondary N) is 1. The van der Waals surface area contributed by atoms with Gasteiger partial charge in [-0.05, 0) is 32.4 Å². The number of nitrogens with zero attached hydrogens (tertiary/aromatic N) is 1. The van der Waals surface area contributed by atoms with E-state index in [9.17, 15) is 13.2 Å². The number of carboxylic acids is 1. The highest BCUT2D eigenvalue weighted by atomic mass is 32.2. The lowest BCUT2D eigenvalue weighted by molar-refractivity contribution is 0.0696. The van der Waals surface area contributed by atoms with E-state index in [2.05, 4.69) is 9.71 Å². The van der Waals surface area contributed by atoms with Gasteiger partial charge in [0.05, 0.1) is 5.56 Å². The molecule has 0 radical (unpaired) electrons. The minimum atomic E-state index is -3.85. The molecule has 0 aliphatic heterocycles. The Bertz CT molecular complexity index is 551. The van der Waals surface area contributed by atoms with Gasteiger partial charge in [-0.15, -0.1) is 0 Å². The third-order valence-electron chi connectivity index (χ3n) is 2.41. The van der Waals surface area contributed by atoms with Gasteiger partial charge < -0.3 is 10.2 Å². The average Bonchev–Trinajstić information content (AvgIpc) is 2.27. The van der Waals surface area contributed by atoms with Gasteiger partial charge in [0.25, 0.3) is 10.0 Å². The van der Waals surface area contributed by atoms with Crippen LogP contribution in [0, 0.1) is 0 Å². The molecule has 1 rings (SSSR count). The minimum absolute atomic E-state index is 0.0893. The van der Waals surface area contributed by atoms with Crippen LogP contribution in [-0.4, -0.2) is 41.7 Å². The van der Waals surface area contributed by atoms with E-state index in [-0.39, 0.29) is 23.6 Å². The van der Waals surface area contributed by atoms with Crippen molar-refractivity contribution in [1.82, 2.24) is 9.71 Å². The van der Waals surface area contributed by atoms with Crippen molar-refractivity contribution in [3.63, 3.8) is 0 Å². The first-order valence-corrected chi connectivity index (χ1v) is 7.00. The molecule has 8 heteroatoms. The summed E-state index contributed by atoms with van der Waals surface area (Å²) in [6, 6.07) is 2.30. The van der Waals surface area contributed by atoms with Crippen molar-refractivity contribution >= 4 is 16.0 Å². The van der Waals surface area contributed by atoms with Gasteiger partial charge in [0.1, 0.15) is 0 Å². The molecule has 0 aromatic carbocycles. The van der Waals surface area contributed by atoms with E-state index in [1.807, 2.05) is 0 Å². The Balaban J connectivity index is 2.98. The van der Waals surface area contributed by atoms with Gasteiger partial charge in [-0.3, -0.25) is 0 Å². The molecular weight excluding hydrogens is 272 g/mol. The first kappa shape index (κ1) is 15.5. The van der Waals surface area contributed by atoms with E-state index >= 15 is 0 Å². The largest absolute Gasteiger partial charge is 0.478 e. The monoisotopic (exact) mass is 288 g/mol. The first-order valence-electron chi connectivity index (χ1n) is 5.52. The second-order valence-corrected chi connectivity index (χ2v) is 6.28. The third-order valence-corrected chi connectivity index (χ3v) is 4.02. The molecule has 7 nitrogen and oxygen atoms in total. The number of carbonyl (C=O) groups is 1. The number of hydrogen-bond donors (Lipinski definition) is 3. The van der Waals surface area contributed by atoms with E-state index in [4.69, 9.17) is 10.2 Å². The average molecular weight is 288 g/mol. The Morgan fingerprint density at radius 2 is 2.05 bits per heavy atom. The van der Waals surface area contributed by atoms with Crippen LogP contribution in [0.4, 0.5) is 0 Å². The van der Waals surface area contributed by atoms with Crippen molar-refractivity contribution in [2.24, 2.45) is 0 Å². The van der Waals surface area contributed by atoms with Crippen molar-refractivity contribution in [2.75, 3.05) is 6.61 Å². The number of rotatable bonds is 6. The molecule has 0 aliphatic carbocycles. The molecule has 106 valence electrons. The Labute approximate surface area is 111 Å². The highest BCUT2D eigenvalue weighted by Gasteiger charge is 2.26. The summed E-state index contributed by atoms with van der Waals surface area (Å²) in [6.45, 7) is 3.11. The molecule has 0 fully saturated rings. The summed E-state index contributed by atoms with van der Waals surface area (Å²) in [7, 11) is -3.85. The molecule has 0 aliphatic rings. The highest BCUT2D eigenvalue weighted by Crippen LogP contribution is 2.14. The van der Waals surface area contributed by atoms with E-state index in [0.29, 0.717) is 0 Å². The molecule has 1 heterocycles. The van der Waals surface area contributed by atoms with Gasteiger partial charge >= 0.3 is 5.97 Å². The molecule has 1 aromatic rings. The fourth-order valence-corrected chi connectivity index (χ4v) is 2.79. The van der Waals surface area contributed by atoms with Crippen molar-refractivity contribution < 1.29 is 23.4 Å². The predicted molar refractivity (Wildman–Crippen MR) is 67.3 cm³/mol. The zero-order valence-electron chi connectivity index (χ0n) is 10.6. The van der Waals surface area contributed by atoms with E-state index in [1.165, 1.54) is 6.07 Å². The summed E-state index contributed by atoms with van der Waals surface area (Å²) in [4.78, 5) is 14.3. The fourth-order valence-electron chi connectivity index (χ4n) is 1.41. The number of aliphatic hydroxyl groups is 1. The zero-order chi connectivity index (χ0) is 14.7. The normalized spacial score (nSPS) is 12.4. The number of sulfonamides is 1. The summed E-state index contributed by atoms with van der Waals surface area (Å²) < 4.78 is 26.4. The summed E-state index contributed by atoms with van der Waals surface area (Å²) in [6.07, 6.45) is 1.23. The molecule has 0 saturated heterocycles. The van der Waals surface area contributed by atoms with Crippen LogP contribution in [0.3, 0.4) is 0 Å². The van der Waals surface area contributed by atoms with Crippen LogP contribution in [0.1, 0.15) is 30.6 Å². The van der Waals surface area contributed by atoms with Crippen LogP contribution in [0.15, 0.2) is 23.4 Å². The summed E-state index contributed by atoms with van der Waals surface area (Å²) >= 11 is 0. The number of pyridine rings is 1. The Kier molecular flexibility index (Phi) is 4.61. The van der Waals surface area contributed by atoms with Gasteiger partial charge in [0, 0.05) is 18.3 Å². The SMILES string of the molecule is CC(C)(CCO)NS(=O)(=O)c1ccc(C(=O)O)cn1. The van der Waals surface area contributed by atoms with Crippen molar-refractivity contribution in [1.29, 1.82) is 0 Å². The maximum absolute atomic E-state index is 12.0. The van der Waals surface area contributed by atoms with Crippen molar-refractivity contribution in [3.8, 4) is 0 Å². The molecule has 0 atom stereocenters. The van der Waals surface area contributed by atoms with Crippen LogP contribution in [-0.2, 0) is 10.0 Å². The molecule has 0 unspecified atom stereocenters. The fraction of sp³-hybridized carbons (Fsp3) is 0.455. The zero-order valence-corrected chi connectivity index (χ0v) is 11.4. The second kappa shape index (κ2) is 5.64. The number of hydrogen-bond acceptors (Lipinski definition) is 5.